The predicted octanol–water partition coefficient (Wildman–Crippen LogP) is 1.25. The molecule has 1 aromatic carbocycles. The number of nitrogens with zero attached hydrogens (tertiary/aromatic N) is 1. The van der Waals surface area contributed by atoms with Gasteiger partial charge in [0.1, 0.15) is 0 Å². The van der Waals surface area contributed by atoms with E-state index in [1.165, 1.54) is 0 Å². The topological polar surface area (TPSA) is 37.9 Å². The average molecular weight is 226 g/mol. The zero-order valence-corrected chi connectivity index (χ0v) is 6.50. The van der Waals surface area contributed by atoms with E-state index in [9.17, 15) is 8.78 Å². The van der Waals surface area contributed by atoms with Crippen LogP contribution in [0.2, 0.25) is 0 Å². The molecule has 0 fully saturated rings. The minimum atomic E-state index is -2.85. The number of imidazole rings is 1. The van der Waals surface area contributed by atoms with Crippen molar-refractivity contribution in [3.8, 4) is 6.01 Å². The molecule has 0 radical (unpaired) electrons. The molecule has 0 aliphatic heterocycles. The van der Waals surface area contributed by atoms with Crippen molar-refractivity contribution in [2.45, 2.75) is 6.61 Å². The van der Waals surface area contributed by atoms with Crippen LogP contribution < -0.4 is 4.74 Å². The quantitative estimate of drug-likeness (QED) is 0.782. The predicted molar refractivity (Wildman–Crippen MR) is 51.3 cm³/mol. The van der Waals surface area contributed by atoms with Crippen LogP contribution in [0.1, 0.15) is 0 Å². The van der Waals surface area contributed by atoms with E-state index in [-0.39, 0.29) is 43.7 Å². The van der Waals surface area contributed by atoms with Crippen LogP contribution in [0, 0.1) is 0 Å². The number of fused-ring (bicyclic) bond motifs is 1. The van der Waals surface area contributed by atoms with Gasteiger partial charge in [-0.1, -0.05) is 12.1 Å². The molecule has 0 amide bonds. The Kier molecular flexibility index (Phi) is 4.10. The number of aromatic nitrogens is 2. The molecule has 1 N–H and O–H groups in total. The maximum absolute atomic E-state index is 11.8. The van der Waals surface area contributed by atoms with Crippen LogP contribution >= 0.6 is 0 Å². The second-order valence-corrected chi connectivity index (χ2v) is 2.44. The Morgan fingerprint density at radius 1 is 1.29 bits per heavy atom. The molecule has 6 heteroatoms. The van der Waals surface area contributed by atoms with Crippen molar-refractivity contribution >= 4 is 48.8 Å². The summed E-state index contributed by atoms with van der Waals surface area (Å²) in [5, 5.41) is 0. The van der Waals surface area contributed by atoms with Gasteiger partial charge in [-0.2, -0.15) is 13.8 Å². The molecule has 0 bridgehead atoms. The Hall–Kier alpha value is -0.390. The third-order valence-corrected chi connectivity index (χ3v) is 1.57. The van der Waals surface area contributed by atoms with Gasteiger partial charge in [-0.3, -0.25) is 0 Å². The Bertz CT molecular complexity index is 385. The van der Waals surface area contributed by atoms with Crippen molar-refractivity contribution in [1.29, 1.82) is 0 Å². The zero-order chi connectivity index (χ0) is 9.26. The molecule has 0 saturated carbocycles. The molecule has 14 heavy (non-hydrogen) atoms. The Morgan fingerprint density at radius 2 is 2.00 bits per heavy atom. The van der Waals surface area contributed by atoms with E-state index in [2.05, 4.69) is 14.7 Å². The molecular formula is C8H8CaF2N2O. The second-order valence-electron chi connectivity index (χ2n) is 2.44. The normalized spacial score (nSPS) is 10.2. The molecule has 0 aliphatic carbocycles. The van der Waals surface area contributed by atoms with Gasteiger partial charge in [-0.25, -0.2) is 0 Å². The number of benzene rings is 1. The van der Waals surface area contributed by atoms with Crippen LogP contribution in [0.25, 0.3) is 11.0 Å². The summed E-state index contributed by atoms with van der Waals surface area (Å²) < 4.78 is 27.6. The van der Waals surface area contributed by atoms with Crippen molar-refractivity contribution in [2.75, 3.05) is 0 Å². The summed E-state index contributed by atoms with van der Waals surface area (Å²) in [4.78, 5) is 6.41. The van der Waals surface area contributed by atoms with Gasteiger partial charge in [0.25, 0.3) is 6.01 Å². The molecule has 1 aromatic heterocycles. The summed E-state index contributed by atoms with van der Waals surface area (Å²) in [6, 6.07) is 6.85. The van der Waals surface area contributed by atoms with Gasteiger partial charge in [0.05, 0.1) is 11.0 Å². The van der Waals surface area contributed by atoms with Crippen LogP contribution in [0.15, 0.2) is 24.3 Å². The van der Waals surface area contributed by atoms with E-state index in [0.717, 1.165) is 0 Å². The standard InChI is InChI=1S/C8H6F2N2O.Ca.2H/c9-7(10)13-8-11-5-3-1-2-4-6(5)12-8;;;/h1-4,7H,(H,11,12);;;. The molecule has 0 spiro atoms. The third kappa shape index (κ3) is 2.56. The third-order valence-electron chi connectivity index (χ3n) is 1.57. The van der Waals surface area contributed by atoms with E-state index in [0.29, 0.717) is 11.0 Å². The molecule has 1 heterocycles. The molecule has 72 valence electrons. The SMILES string of the molecule is FC(F)Oc1nc2ccccc2[nH]1.[CaH2]. The number of halogens is 2. The second kappa shape index (κ2) is 4.91. The summed E-state index contributed by atoms with van der Waals surface area (Å²) >= 11 is 0. The first-order chi connectivity index (χ1) is 6.25. The van der Waals surface area contributed by atoms with E-state index < -0.39 is 6.61 Å². The van der Waals surface area contributed by atoms with Gasteiger partial charge in [0, 0.05) is 0 Å². The van der Waals surface area contributed by atoms with Gasteiger partial charge in [0.2, 0.25) is 0 Å². The number of para-hydroxylation sites is 2. The van der Waals surface area contributed by atoms with E-state index in [1.807, 2.05) is 0 Å². The fraction of sp³-hybridized carbons (Fsp3) is 0.125. The molecule has 2 rings (SSSR count). The van der Waals surface area contributed by atoms with Crippen molar-refractivity contribution < 1.29 is 13.5 Å². The zero-order valence-electron chi connectivity index (χ0n) is 6.50. The fourth-order valence-corrected chi connectivity index (χ4v) is 1.07. The van der Waals surface area contributed by atoms with Crippen molar-refractivity contribution in [3.63, 3.8) is 0 Å². The number of hydrogen-bond acceptors (Lipinski definition) is 2. The van der Waals surface area contributed by atoms with Crippen LogP contribution in [-0.4, -0.2) is 54.3 Å². The summed E-state index contributed by atoms with van der Waals surface area (Å²) in [6.45, 7) is -2.85. The number of rotatable bonds is 2. The Morgan fingerprint density at radius 3 is 2.64 bits per heavy atom. The van der Waals surface area contributed by atoms with Gasteiger partial charge in [0.15, 0.2) is 0 Å². The average Bonchev–Trinajstić information content (AvgIpc) is 2.44. The number of nitrogens with one attached hydrogen (secondary N) is 1. The minimum absolute atomic E-state index is 0. The van der Waals surface area contributed by atoms with Crippen LogP contribution in [0.3, 0.4) is 0 Å². The molecule has 0 saturated heterocycles. The van der Waals surface area contributed by atoms with Gasteiger partial charge >= 0.3 is 44.3 Å². The first kappa shape index (κ1) is 11.7. The first-order valence-corrected chi connectivity index (χ1v) is 3.65. The molecule has 2 aromatic rings. The number of aromatic amines is 1. The summed E-state index contributed by atoms with van der Waals surface area (Å²) in [5.74, 6) is 0. The van der Waals surface area contributed by atoms with E-state index in [4.69, 9.17) is 0 Å². The fourth-order valence-electron chi connectivity index (χ4n) is 1.07. The molecule has 0 atom stereocenters. The molecule has 3 nitrogen and oxygen atoms in total. The number of alkyl halides is 2. The Labute approximate surface area is 108 Å². The number of ether oxygens (including phenoxy) is 1. The monoisotopic (exact) mass is 226 g/mol. The van der Waals surface area contributed by atoms with E-state index >= 15 is 0 Å². The summed E-state index contributed by atoms with van der Waals surface area (Å²) in [7, 11) is 0. The van der Waals surface area contributed by atoms with Crippen LogP contribution in [0.5, 0.6) is 6.01 Å². The number of H-pyrrole nitrogens is 1. The van der Waals surface area contributed by atoms with Gasteiger partial charge in [-0.15, -0.1) is 0 Å². The van der Waals surface area contributed by atoms with Crippen LogP contribution in [0.4, 0.5) is 8.78 Å². The number of hydrogen-bond donors (Lipinski definition) is 1. The summed E-state index contributed by atoms with van der Waals surface area (Å²) in [6.07, 6.45) is 0. The van der Waals surface area contributed by atoms with Crippen LogP contribution in [-0.2, 0) is 0 Å². The molecule has 0 unspecified atom stereocenters. The van der Waals surface area contributed by atoms with E-state index in [1.54, 1.807) is 24.3 Å². The first-order valence-electron chi connectivity index (χ1n) is 3.65. The van der Waals surface area contributed by atoms with Crippen molar-refractivity contribution in [3.05, 3.63) is 24.3 Å². The van der Waals surface area contributed by atoms with Crippen molar-refractivity contribution in [2.24, 2.45) is 0 Å². The maximum atomic E-state index is 11.8. The Balaban J connectivity index is 0.000000980. The van der Waals surface area contributed by atoms with Gasteiger partial charge < -0.3 is 9.72 Å². The van der Waals surface area contributed by atoms with Gasteiger partial charge in [-0.05, 0) is 12.1 Å². The molecular weight excluding hydrogens is 218 g/mol. The van der Waals surface area contributed by atoms with Crippen molar-refractivity contribution in [1.82, 2.24) is 9.97 Å². The molecule has 0 aliphatic rings. The summed E-state index contributed by atoms with van der Waals surface area (Å²) in [5.41, 5.74) is 1.29.